The number of pyridine rings is 1. The van der Waals surface area contributed by atoms with E-state index in [2.05, 4.69) is 51.5 Å². The number of piperidine rings is 2. The molecular weight excluding hydrogens is 630 g/mol. The van der Waals surface area contributed by atoms with E-state index in [9.17, 15) is 13.2 Å². The predicted molar refractivity (Wildman–Crippen MR) is 187 cm³/mol. The van der Waals surface area contributed by atoms with E-state index >= 15 is 0 Å². The minimum absolute atomic E-state index is 0.00518. The van der Waals surface area contributed by atoms with Crippen LogP contribution < -0.4 is 21.1 Å². The van der Waals surface area contributed by atoms with Gasteiger partial charge in [-0.2, -0.15) is 4.98 Å². The average Bonchev–Trinajstić information content (AvgIpc) is 3.55. The SMILES string of the molecule is COCCc1occc1Cn1c(=O)c(C#CC2CCN(S(C)(=O)=O)CC2)cc2cnc(Nc3ccc(N(C)C4CCCNC4)cc3)nc21. The van der Waals surface area contributed by atoms with Crippen molar-refractivity contribution in [1.29, 1.82) is 0 Å². The van der Waals surface area contributed by atoms with E-state index in [1.807, 2.05) is 18.2 Å². The van der Waals surface area contributed by atoms with Gasteiger partial charge in [0.1, 0.15) is 11.4 Å². The van der Waals surface area contributed by atoms with Crippen LogP contribution in [-0.2, 0) is 27.7 Å². The number of likely N-dealkylation sites (N-methyl/N-ethyl adjacent to an activating group) is 1. The van der Waals surface area contributed by atoms with Crippen molar-refractivity contribution in [1.82, 2.24) is 24.2 Å². The van der Waals surface area contributed by atoms with E-state index in [4.69, 9.17) is 14.1 Å². The number of aromatic nitrogens is 3. The highest BCUT2D eigenvalue weighted by atomic mass is 32.2. The molecule has 254 valence electrons. The Balaban J connectivity index is 1.29. The zero-order valence-corrected chi connectivity index (χ0v) is 28.6. The van der Waals surface area contributed by atoms with Crippen LogP contribution in [0.1, 0.15) is 42.6 Å². The van der Waals surface area contributed by atoms with Gasteiger partial charge >= 0.3 is 0 Å². The minimum Gasteiger partial charge on any atom is -0.469 e. The Hall–Kier alpha value is -4.22. The summed E-state index contributed by atoms with van der Waals surface area (Å²) >= 11 is 0. The smallest absolute Gasteiger partial charge is 0.268 e. The zero-order valence-electron chi connectivity index (χ0n) is 27.7. The highest BCUT2D eigenvalue weighted by Gasteiger charge is 2.24. The number of anilines is 3. The number of ether oxygens (including phenoxy) is 1. The van der Waals surface area contributed by atoms with Gasteiger partial charge in [-0.1, -0.05) is 11.8 Å². The summed E-state index contributed by atoms with van der Waals surface area (Å²) in [5, 5.41) is 7.46. The van der Waals surface area contributed by atoms with E-state index in [0.29, 0.717) is 67.5 Å². The zero-order chi connectivity index (χ0) is 33.7. The molecule has 0 bridgehead atoms. The molecule has 2 aliphatic rings. The van der Waals surface area contributed by atoms with Crippen molar-refractivity contribution in [3.63, 3.8) is 0 Å². The number of benzene rings is 1. The molecule has 2 aliphatic heterocycles. The van der Waals surface area contributed by atoms with Gasteiger partial charge in [0.2, 0.25) is 16.0 Å². The van der Waals surface area contributed by atoms with Crippen LogP contribution in [0.15, 0.2) is 58.1 Å². The maximum atomic E-state index is 14.0. The fraction of sp³-hybridized carbons (Fsp3) is 0.457. The lowest BCUT2D eigenvalue weighted by Gasteiger charge is -2.33. The minimum atomic E-state index is -3.23. The lowest BCUT2D eigenvalue weighted by atomic mass is 9.98. The highest BCUT2D eigenvalue weighted by molar-refractivity contribution is 7.88. The molecular formula is C35H43N7O5S. The lowest BCUT2D eigenvalue weighted by Crippen LogP contribution is -2.44. The van der Waals surface area contributed by atoms with Crippen molar-refractivity contribution in [3.8, 4) is 11.8 Å². The second kappa shape index (κ2) is 14.9. The first-order valence-corrected chi connectivity index (χ1v) is 18.3. The van der Waals surface area contributed by atoms with Crippen LogP contribution in [-0.4, -0.2) is 86.5 Å². The van der Waals surface area contributed by atoms with Gasteiger partial charge in [-0.25, -0.2) is 17.7 Å². The molecule has 1 unspecified atom stereocenters. The standard InChI is InChI=1S/C35H43N7O5S/c1-40(31-5-4-16-36-23-31)30-10-8-29(9-11-30)38-35-37-22-28-21-26(7-6-25-12-17-41(18-13-25)48(3,44)45)34(43)42(33(28)39-35)24-27-14-20-47-32(27)15-19-46-2/h8-11,14,20-22,25,31,36H,4-5,12-13,15-19,23-24H2,1-3H3,(H,37,38,39). The van der Waals surface area contributed by atoms with Gasteiger partial charge in [-0.15, -0.1) is 0 Å². The first-order valence-electron chi connectivity index (χ1n) is 16.4. The van der Waals surface area contributed by atoms with Crippen molar-refractivity contribution in [2.75, 3.05) is 63.4 Å². The number of hydrogen-bond donors (Lipinski definition) is 2. The first kappa shape index (κ1) is 33.7. The van der Waals surface area contributed by atoms with Crippen LogP contribution in [0.2, 0.25) is 0 Å². The Labute approximate surface area is 281 Å². The third kappa shape index (κ3) is 7.90. The van der Waals surface area contributed by atoms with Gasteiger partial charge in [-0.3, -0.25) is 9.36 Å². The van der Waals surface area contributed by atoms with Crippen molar-refractivity contribution in [2.24, 2.45) is 5.92 Å². The Morgan fingerprint density at radius 1 is 1.17 bits per heavy atom. The first-order chi connectivity index (χ1) is 23.2. The van der Waals surface area contributed by atoms with E-state index in [1.54, 1.807) is 30.2 Å². The molecule has 2 saturated heterocycles. The van der Waals surface area contributed by atoms with E-state index < -0.39 is 10.0 Å². The van der Waals surface area contributed by atoms with E-state index in [0.717, 1.165) is 35.8 Å². The molecule has 5 heterocycles. The molecule has 0 aliphatic carbocycles. The maximum Gasteiger partial charge on any atom is 0.268 e. The molecule has 3 aromatic heterocycles. The summed E-state index contributed by atoms with van der Waals surface area (Å²) in [5.41, 5.74) is 3.38. The molecule has 48 heavy (non-hydrogen) atoms. The Kier molecular flexibility index (Phi) is 10.5. The molecule has 2 N–H and O–H groups in total. The fourth-order valence-corrected chi connectivity index (χ4v) is 7.22. The van der Waals surface area contributed by atoms with Crippen LogP contribution in [0.3, 0.4) is 0 Å². The largest absolute Gasteiger partial charge is 0.469 e. The second-order valence-corrected chi connectivity index (χ2v) is 14.5. The monoisotopic (exact) mass is 673 g/mol. The summed E-state index contributed by atoms with van der Waals surface area (Å²) in [6.45, 7) is 3.63. The van der Waals surface area contributed by atoms with E-state index in [-0.39, 0.29) is 18.0 Å². The van der Waals surface area contributed by atoms with Crippen LogP contribution in [0, 0.1) is 17.8 Å². The van der Waals surface area contributed by atoms with Crippen molar-refractivity contribution >= 4 is 38.4 Å². The quantitative estimate of drug-likeness (QED) is 0.241. The third-order valence-corrected chi connectivity index (χ3v) is 10.5. The molecule has 0 radical (unpaired) electrons. The van der Waals surface area contributed by atoms with Gasteiger partial charge in [0.15, 0.2) is 0 Å². The van der Waals surface area contributed by atoms with Crippen LogP contribution >= 0.6 is 0 Å². The number of rotatable bonds is 10. The lowest BCUT2D eigenvalue weighted by molar-refractivity contribution is 0.196. The molecule has 0 amide bonds. The summed E-state index contributed by atoms with van der Waals surface area (Å²) < 4.78 is 37.9. The summed E-state index contributed by atoms with van der Waals surface area (Å²) in [6, 6.07) is 12.3. The Morgan fingerprint density at radius 3 is 2.67 bits per heavy atom. The van der Waals surface area contributed by atoms with Crippen LogP contribution in [0.25, 0.3) is 11.0 Å². The molecule has 1 atom stereocenters. The third-order valence-electron chi connectivity index (χ3n) is 9.21. The molecule has 6 rings (SSSR count). The van der Waals surface area contributed by atoms with Crippen LogP contribution in [0.4, 0.5) is 17.3 Å². The fourth-order valence-electron chi connectivity index (χ4n) is 6.34. The number of sulfonamides is 1. The number of furan rings is 1. The molecule has 0 saturated carbocycles. The normalized spacial score (nSPS) is 17.6. The number of nitrogens with zero attached hydrogens (tertiary/aromatic N) is 5. The predicted octanol–water partition coefficient (Wildman–Crippen LogP) is 3.58. The number of nitrogens with one attached hydrogen (secondary N) is 2. The number of hydrogen-bond acceptors (Lipinski definition) is 10. The van der Waals surface area contributed by atoms with E-state index in [1.165, 1.54) is 23.4 Å². The van der Waals surface area contributed by atoms with Gasteiger partial charge in [0.05, 0.1) is 31.2 Å². The Morgan fingerprint density at radius 2 is 1.96 bits per heavy atom. The summed E-state index contributed by atoms with van der Waals surface area (Å²) in [5.74, 6) is 7.46. The van der Waals surface area contributed by atoms with Gasteiger partial charge in [-0.05, 0) is 68.6 Å². The molecule has 4 aromatic rings. The maximum absolute atomic E-state index is 14.0. The molecule has 2 fully saturated rings. The van der Waals surface area contributed by atoms with Crippen molar-refractivity contribution < 1.29 is 17.6 Å². The van der Waals surface area contributed by atoms with Gasteiger partial charge < -0.3 is 24.7 Å². The summed E-state index contributed by atoms with van der Waals surface area (Å²) in [4.78, 5) is 25.7. The second-order valence-electron chi connectivity index (χ2n) is 12.5. The van der Waals surface area contributed by atoms with Crippen molar-refractivity contribution in [2.45, 2.75) is 44.7 Å². The molecule has 1 aromatic carbocycles. The highest BCUT2D eigenvalue weighted by Crippen LogP contribution is 2.24. The molecule has 12 nitrogen and oxygen atoms in total. The summed E-state index contributed by atoms with van der Waals surface area (Å²) in [6.07, 6.45) is 8.70. The number of methoxy groups -OCH3 is 1. The number of fused-ring (bicyclic) bond motifs is 1. The Bertz CT molecular complexity index is 1950. The average molecular weight is 674 g/mol. The summed E-state index contributed by atoms with van der Waals surface area (Å²) in [7, 11) is 0.542. The van der Waals surface area contributed by atoms with Crippen LogP contribution in [0.5, 0.6) is 0 Å². The van der Waals surface area contributed by atoms with Gasteiger partial charge in [0, 0.05) is 80.7 Å². The van der Waals surface area contributed by atoms with Crippen molar-refractivity contribution in [3.05, 3.63) is 76.1 Å². The van der Waals surface area contributed by atoms with Gasteiger partial charge in [0.25, 0.3) is 5.56 Å². The molecule has 0 spiro atoms. The molecule has 13 heteroatoms. The topological polar surface area (TPSA) is 135 Å².